The summed E-state index contributed by atoms with van der Waals surface area (Å²) in [4.78, 5) is 12.7. The fourth-order valence-corrected chi connectivity index (χ4v) is 4.19. The van der Waals surface area contributed by atoms with Gasteiger partial charge in [0.1, 0.15) is 5.82 Å². The summed E-state index contributed by atoms with van der Waals surface area (Å²) in [7, 11) is -4.02. The highest BCUT2D eigenvalue weighted by molar-refractivity contribution is 7.92. The normalized spacial score (nSPS) is 11.4. The van der Waals surface area contributed by atoms with Crippen LogP contribution in [0.3, 0.4) is 0 Å². The van der Waals surface area contributed by atoms with E-state index in [9.17, 15) is 17.6 Å². The molecule has 2 aromatic heterocycles. The summed E-state index contributed by atoms with van der Waals surface area (Å²) in [6.45, 7) is 1.58. The van der Waals surface area contributed by atoms with E-state index in [0.29, 0.717) is 11.5 Å². The number of carbonyl (C=O) groups is 1. The van der Waals surface area contributed by atoms with Gasteiger partial charge < -0.3 is 5.32 Å². The molecule has 0 saturated carbocycles. The minimum atomic E-state index is -4.02. The van der Waals surface area contributed by atoms with Gasteiger partial charge in [-0.25, -0.2) is 12.8 Å². The number of hydrogen-bond acceptors (Lipinski definition) is 5. The summed E-state index contributed by atoms with van der Waals surface area (Å²) in [5.41, 5.74) is 1.09. The molecule has 158 valence electrons. The number of aromatic nitrogens is 3. The first-order valence-electron chi connectivity index (χ1n) is 9.30. The molecule has 4 aromatic rings. The molecule has 0 unspecified atom stereocenters. The number of para-hydroxylation sites is 1. The summed E-state index contributed by atoms with van der Waals surface area (Å²) in [5, 5.41) is 10.8. The van der Waals surface area contributed by atoms with Crippen molar-refractivity contribution in [3.8, 4) is 0 Å². The number of pyridine rings is 1. The number of benzene rings is 2. The Morgan fingerprint density at radius 3 is 2.65 bits per heavy atom. The minimum Gasteiger partial charge on any atom is -0.345 e. The van der Waals surface area contributed by atoms with E-state index in [1.807, 2.05) is 12.1 Å². The summed E-state index contributed by atoms with van der Waals surface area (Å²) in [6, 6.07) is 15.2. The second-order valence-electron chi connectivity index (χ2n) is 6.79. The van der Waals surface area contributed by atoms with Gasteiger partial charge in [0.15, 0.2) is 11.5 Å². The van der Waals surface area contributed by atoms with Crippen molar-refractivity contribution in [3.63, 3.8) is 0 Å². The Balaban J connectivity index is 1.55. The molecule has 0 fully saturated rings. The molecule has 0 aliphatic rings. The van der Waals surface area contributed by atoms with Gasteiger partial charge >= 0.3 is 0 Å². The molecule has 31 heavy (non-hydrogen) atoms. The highest BCUT2D eigenvalue weighted by atomic mass is 32.2. The van der Waals surface area contributed by atoms with Crippen LogP contribution in [0.15, 0.2) is 71.8 Å². The molecular formula is C21H18FN5O3S. The molecular weight excluding hydrogens is 421 g/mol. The zero-order valence-corrected chi connectivity index (χ0v) is 17.2. The van der Waals surface area contributed by atoms with Crippen LogP contribution in [-0.4, -0.2) is 28.9 Å². The van der Waals surface area contributed by atoms with Gasteiger partial charge in [-0.05, 0) is 55.0 Å². The van der Waals surface area contributed by atoms with Crippen molar-refractivity contribution in [2.75, 3.05) is 4.72 Å². The van der Waals surface area contributed by atoms with Crippen LogP contribution in [-0.2, 0) is 16.6 Å². The number of aryl methyl sites for hydroxylation is 1. The molecule has 0 saturated heterocycles. The number of fused-ring (bicyclic) bond motifs is 1. The van der Waals surface area contributed by atoms with E-state index < -0.39 is 21.7 Å². The van der Waals surface area contributed by atoms with Gasteiger partial charge in [0.05, 0.1) is 22.7 Å². The number of nitrogens with zero attached hydrogens (tertiary/aromatic N) is 3. The zero-order chi connectivity index (χ0) is 22.0. The van der Waals surface area contributed by atoms with Gasteiger partial charge in [0.2, 0.25) is 0 Å². The second kappa shape index (κ2) is 8.15. The fourth-order valence-electron chi connectivity index (χ4n) is 3.02. The van der Waals surface area contributed by atoms with Gasteiger partial charge in [-0.15, -0.1) is 10.2 Å². The first-order valence-corrected chi connectivity index (χ1v) is 10.8. The van der Waals surface area contributed by atoms with Gasteiger partial charge in [0, 0.05) is 6.20 Å². The SMILES string of the molecule is Cc1cc(S(=O)(=O)Nc2ccccc2C(=O)NCc2nnc3ccccn23)ccc1F. The van der Waals surface area contributed by atoms with Crippen molar-refractivity contribution in [2.24, 2.45) is 0 Å². The van der Waals surface area contributed by atoms with Gasteiger partial charge in [-0.1, -0.05) is 18.2 Å². The van der Waals surface area contributed by atoms with Crippen molar-refractivity contribution in [2.45, 2.75) is 18.4 Å². The van der Waals surface area contributed by atoms with Crippen LogP contribution >= 0.6 is 0 Å². The molecule has 0 radical (unpaired) electrons. The van der Waals surface area contributed by atoms with Crippen molar-refractivity contribution < 1.29 is 17.6 Å². The quantitative estimate of drug-likeness (QED) is 0.481. The maximum absolute atomic E-state index is 13.5. The van der Waals surface area contributed by atoms with E-state index in [1.165, 1.54) is 31.2 Å². The minimum absolute atomic E-state index is 0.0995. The highest BCUT2D eigenvalue weighted by Crippen LogP contribution is 2.21. The topological polar surface area (TPSA) is 105 Å². The number of hydrogen-bond donors (Lipinski definition) is 2. The summed E-state index contributed by atoms with van der Waals surface area (Å²) < 4.78 is 43.1. The number of amides is 1. The number of halogens is 1. The van der Waals surface area contributed by atoms with Crippen molar-refractivity contribution in [3.05, 3.63) is 89.6 Å². The van der Waals surface area contributed by atoms with Gasteiger partial charge in [0.25, 0.3) is 15.9 Å². The third-order valence-corrected chi connectivity index (χ3v) is 6.01. The Labute approximate surface area is 177 Å². The van der Waals surface area contributed by atoms with Crippen LogP contribution in [0.5, 0.6) is 0 Å². The lowest BCUT2D eigenvalue weighted by molar-refractivity contribution is 0.0950. The Kier molecular flexibility index (Phi) is 5.38. The molecule has 0 aliphatic carbocycles. The molecule has 2 heterocycles. The van der Waals surface area contributed by atoms with Crippen molar-refractivity contribution >= 4 is 27.3 Å². The molecule has 0 spiro atoms. The molecule has 4 rings (SSSR count). The third kappa shape index (κ3) is 4.24. The number of nitrogens with one attached hydrogen (secondary N) is 2. The van der Waals surface area contributed by atoms with Crippen LogP contribution < -0.4 is 10.0 Å². The van der Waals surface area contributed by atoms with E-state index in [0.717, 1.165) is 6.07 Å². The Hall–Kier alpha value is -3.79. The van der Waals surface area contributed by atoms with E-state index in [2.05, 4.69) is 20.2 Å². The number of carbonyl (C=O) groups excluding carboxylic acids is 1. The Morgan fingerprint density at radius 2 is 1.84 bits per heavy atom. The predicted molar refractivity (Wildman–Crippen MR) is 113 cm³/mol. The van der Waals surface area contributed by atoms with Crippen LogP contribution in [0.2, 0.25) is 0 Å². The number of rotatable bonds is 6. The molecule has 2 N–H and O–H groups in total. The van der Waals surface area contributed by atoms with Crippen molar-refractivity contribution in [1.82, 2.24) is 19.9 Å². The van der Waals surface area contributed by atoms with Gasteiger partial charge in [-0.3, -0.25) is 13.9 Å². The monoisotopic (exact) mass is 439 g/mol. The largest absolute Gasteiger partial charge is 0.345 e. The molecule has 2 aromatic carbocycles. The average Bonchev–Trinajstić information content (AvgIpc) is 3.17. The van der Waals surface area contributed by atoms with Crippen LogP contribution in [0.4, 0.5) is 10.1 Å². The third-order valence-electron chi connectivity index (χ3n) is 4.65. The molecule has 0 atom stereocenters. The molecule has 0 aliphatic heterocycles. The lowest BCUT2D eigenvalue weighted by Gasteiger charge is -2.13. The van der Waals surface area contributed by atoms with Crippen LogP contribution in [0, 0.1) is 12.7 Å². The van der Waals surface area contributed by atoms with E-state index in [1.54, 1.807) is 28.8 Å². The second-order valence-corrected chi connectivity index (χ2v) is 8.47. The van der Waals surface area contributed by atoms with Crippen LogP contribution in [0.25, 0.3) is 5.65 Å². The highest BCUT2D eigenvalue weighted by Gasteiger charge is 2.19. The summed E-state index contributed by atoms with van der Waals surface area (Å²) in [6.07, 6.45) is 1.78. The number of sulfonamides is 1. The Morgan fingerprint density at radius 1 is 1.06 bits per heavy atom. The van der Waals surface area contributed by atoms with Crippen LogP contribution in [0.1, 0.15) is 21.7 Å². The molecule has 8 nitrogen and oxygen atoms in total. The lowest BCUT2D eigenvalue weighted by Crippen LogP contribution is -2.26. The zero-order valence-electron chi connectivity index (χ0n) is 16.4. The number of anilines is 1. The fraction of sp³-hybridized carbons (Fsp3) is 0.0952. The molecule has 1 amide bonds. The van der Waals surface area contributed by atoms with E-state index in [-0.39, 0.29) is 28.3 Å². The average molecular weight is 439 g/mol. The van der Waals surface area contributed by atoms with Crippen molar-refractivity contribution in [1.29, 1.82) is 0 Å². The first kappa shape index (κ1) is 20.5. The predicted octanol–water partition coefficient (Wildman–Crippen LogP) is 2.91. The van der Waals surface area contributed by atoms with E-state index >= 15 is 0 Å². The standard InChI is InChI=1S/C21H18FN5O3S/c1-14-12-15(9-10-17(14)22)31(29,30)26-18-7-3-2-6-16(18)21(28)23-13-20-25-24-19-8-4-5-11-27(19)20/h2-12,26H,13H2,1H3,(H,23,28). The van der Waals surface area contributed by atoms with E-state index in [4.69, 9.17) is 0 Å². The maximum atomic E-state index is 13.5. The summed E-state index contributed by atoms with van der Waals surface area (Å²) in [5.74, 6) is -0.454. The Bertz CT molecular complexity index is 1380. The first-order chi connectivity index (χ1) is 14.8. The molecule has 0 bridgehead atoms. The molecule has 10 heteroatoms. The maximum Gasteiger partial charge on any atom is 0.261 e. The van der Waals surface area contributed by atoms with Gasteiger partial charge in [-0.2, -0.15) is 0 Å². The summed E-state index contributed by atoms with van der Waals surface area (Å²) >= 11 is 0. The lowest BCUT2D eigenvalue weighted by atomic mass is 10.1. The smallest absolute Gasteiger partial charge is 0.261 e.